The van der Waals surface area contributed by atoms with Gasteiger partial charge in [0, 0.05) is 21.9 Å². The largest absolute Gasteiger partial charge is 0.332 e. The van der Waals surface area contributed by atoms with Crippen LogP contribution in [0.2, 0.25) is 0 Å². The van der Waals surface area contributed by atoms with Crippen LogP contribution >= 0.6 is 28.1 Å². The summed E-state index contributed by atoms with van der Waals surface area (Å²) in [6, 6.07) is 21.7. The molecule has 0 bridgehead atoms. The second-order valence-electron chi connectivity index (χ2n) is 5.44. The number of anilines is 2. The summed E-state index contributed by atoms with van der Waals surface area (Å²) < 4.78 is 0.993. The average molecular weight is 428 g/mol. The van der Waals surface area contributed by atoms with Crippen LogP contribution in [-0.4, -0.2) is 10.0 Å². The van der Waals surface area contributed by atoms with E-state index in [2.05, 4.69) is 26.6 Å². The molecule has 0 amide bonds. The van der Waals surface area contributed by atoms with Crippen molar-refractivity contribution in [2.75, 3.05) is 10.6 Å². The first-order valence-corrected chi connectivity index (χ1v) is 8.90. The molecule has 0 aliphatic carbocycles. The van der Waals surface area contributed by atoms with Crippen molar-refractivity contribution in [3.63, 3.8) is 0 Å². The molecule has 0 saturated carbocycles. The quantitative estimate of drug-likeness (QED) is 0.311. The molecule has 130 valence electrons. The van der Waals surface area contributed by atoms with E-state index >= 15 is 0 Å². The number of benzene rings is 3. The summed E-state index contributed by atoms with van der Waals surface area (Å²) in [5.41, 5.74) is 3.11. The first-order chi connectivity index (χ1) is 12.5. The highest BCUT2D eigenvalue weighted by Gasteiger charge is 2.13. The van der Waals surface area contributed by atoms with E-state index in [1.807, 2.05) is 48.5 Å². The zero-order valence-corrected chi connectivity index (χ0v) is 15.9. The Hall–Kier alpha value is -2.77. The van der Waals surface area contributed by atoms with Crippen LogP contribution in [0.25, 0.3) is 11.1 Å². The zero-order chi connectivity index (χ0) is 18.5. The maximum Gasteiger partial charge on any atom is 0.277 e. The monoisotopic (exact) mass is 427 g/mol. The minimum Gasteiger partial charge on any atom is -0.332 e. The molecule has 0 aliphatic rings. The Morgan fingerprint density at radius 1 is 0.885 bits per heavy atom. The predicted octanol–water partition coefficient (Wildman–Crippen LogP) is 5.83. The molecule has 0 atom stereocenters. The van der Waals surface area contributed by atoms with Gasteiger partial charge in [-0.05, 0) is 60.2 Å². The van der Waals surface area contributed by atoms with Crippen LogP contribution in [0.1, 0.15) is 0 Å². The fraction of sp³-hybridized carbons (Fsp3) is 0. The number of nitrogens with one attached hydrogen (secondary N) is 2. The second-order valence-corrected chi connectivity index (χ2v) is 6.76. The molecule has 26 heavy (non-hydrogen) atoms. The molecule has 2 N–H and O–H groups in total. The van der Waals surface area contributed by atoms with E-state index in [1.54, 1.807) is 18.2 Å². The number of halogens is 1. The van der Waals surface area contributed by atoms with Crippen molar-refractivity contribution in [1.82, 2.24) is 0 Å². The molecule has 0 saturated heterocycles. The lowest BCUT2D eigenvalue weighted by Gasteiger charge is -2.11. The Balaban J connectivity index is 1.71. The molecular weight excluding hydrogens is 414 g/mol. The summed E-state index contributed by atoms with van der Waals surface area (Å²) in [6.45, 7) is 0. The number of hydrogen-bond donors (Lipinski definition) is 2. The number of thiocarbonyl (C=S) groups is 1. The molecule has 0 heterocycles. The third-order valence-electron chi connectivity index (χ3n) is 3.66. The molecule has 0 aromatic heterocycles. The minimum absolute atomic E-state index is 0.0839. The van der Waals surface area contributed by atoms with Crippen LogP contribution in [0, 0.1) is 10.1 Å². The highest BCUT2D eigenvalue weighted by Crippen LogP contribution is 2.30. The molecule has 0 unspecified atom stereocenters. The highest BCUT2D eigenvalue weighted by atomic mass is 79.9. The van der Waals surface area contributed by atoms with Crippen LogP contribution in [0.4, 0.5) is 17.1 Å². The minimum atomic E-state index is -0.376. The maximum atomic E-state index is 11.2. The maximum absolute atomic E-state index is 11.2. The van der Waals surface area contributed by atoms with E-state index in [4.69, 9.17) is 12.2 Å². The van der Waals surface area contributed by atoms with Crippen LogP contribution in [-0.2, 0) is 0 Å². The fourth-order valence-corrected chi connectivity index (χ4v) is 2.94. The molecule has 0 spiro atoms. The number of para-hydroxylation sites is 1. The number of nitrogens with zero attached hydrogens (tertiary/aromatic N) is 1. The lowest BCUT2D eigenvalue weighted by atomic mass is 10.0. The fourth-order valence-electron chi connectivity index (χ4n) is 2.44. The van der Waals surface area contributed by atoms with Gasteiger partial charge in [0.2, 0.25) is 0 Å². The van der Waals surface area contributed by atoms with E-state index in [0.717, 1.165) is 21.4 Å². The van der Waals surface area contributed by atoms with Gasteiger partial charge in [-0.2, -0.15) is 0 Å². The van der Waals surface area contributed by atoms with Crippen molar-refractivity contribution in [2.24, 2.45) is 0 Å². The average Bonchev–Trinajstić information content (AvgIpc) is 2.64. The number of nitro benzene ring substituents is 1. The van der Waals surface area contributed by atoms with Gasteiger partial charge in [0.05, 0.1) is 10.5 Å². The van der Waals surface area contributed by atoms with Gasteiger partial charge in [0.1, 0.15) is 0 Å². The lowest BCUT2D eigenvalue weighted by Crippen LogP contribution is -2.18. The molecule has 3 rings (SSSR count). The standard InChI is InChI=1S/C19H14BrN3O2S/c20-14-7-11-16(12-8-14)22-19(26)21-15-9-5-13(6-10-15)17-3-1-2-4-18(17)23(24)25/h1-12H,(H2,21,22,26). The summed E-state index contributed by atoms with van der Waals surface area (Å²) in [7, 11) is 0. The van der Waals surface area contributed by atoms with Gasteiger partial charge in [-0.3, -0.25) is 10.1 Å². The summed E-state index contributed by atoms with van der Waals surface area (Å²) in [6.07, 6.45) is 0. The lowest BCUT2D eigenvalue weighted by molar-refractivity contribution is -0.384. The molecule has 0 aliphatic heterocycles. The highest BCUT2D eigenvalue weighted by molar-refractivity contribution is 9.10. The molecule has 7 heteroatoms. The molecule has 0 fully saturated rings. The van der Waals surface area contributed by atoms with Gasteiger partial charge in [0.25, 0.3) is 5.69 Å². The summed E-state index contributed by atoms with van der Waals surface area (Å²) in [5.74, 6) is 0. The van der Waals surface area contributed by atoms with Gasteiger partial charge in [-0.1, -0.05) is 40.2 Å². The molecular formula is C19H14BrN3O2S. The Labute approximate surface area is 164 Å². The van der Waals surface area contributed by atoms with Crippen LogP contribution < -0.4 is 10.6 Å². The number of hydrogen-bond acceptors (Lipinski definition) is 3. The van der Waals surface area contributed by atoms with Crippen LogP contribution in [0.15, 0.2) is 77.3 Å². The molecule has 0 radical (unpaired) electrons. The van der Waals surface area contributed by atoms with E-state index in [-0.39, 0.29) is 10.6 Å². The Bertz CT molecular complexity index is 944. The van der Waals surface area contributed by atoms with Crippen molar-refractivity contribution in [1.29, 1.82) is 0 Å². The molecule has 3 aromatic carbocycles. The Morgan fingerprint density at radius 2 is 1.42 bits per heavy atom. The van der Waals surface area contributed by atoms with Crippen molar-refractivity contribution in [2.45, 2.75) is 0 Å². The summed E-state index contributed by atoms with van der Waals surface area (Å²) >= 11 is 8.70. The Morgan fingerprint density at radius 3 is 2.00 bits per heavy atom. The van der Waals surface area contributed by atoms with Crippen molar-refractivity contribution < 1.29 is 4.92 Å². The third-order valence-corrected chi connectivity index (χ3v) is 4.39. The van der Waals surface area contributed by atoms with Gasteiger partial charge in [-0.25, -0.2) is 0 Å². The van der Waals surface area contributed by atoms with Gasteiger partial charge in [0.15, 0.2) is 5.11 Å². The normalized spacial score (nSPS) is 10.2. The van der Waals surface area contributed by atoms with E-state index in [9.17, 15) is 10.1 Å². The van der Waals surface area contributed by atoms with Gasteiger partial charge < -0.3 is 10.6 Å². The summed E-state index contributed by atoms with van der Waals surface area (Å²) in [5, 5.41) is 17.8. The summed E-state index contributed by atoms with van der Waals surface area (Å²) in [4.78, 5) is 10.8. The number of rotatable bonds is 4. The topological polar surface area (TPSA) is 67.2 Å². The smallest absolute Gasteiger partial charge is 0.277 e. The third kappa shape index (κ3) is 4.44. The van der Waals surface area contributed by atoms with Crippen molar-refractivity contribution in [3.8, 4) is 11.1 Å². The van der Waals surface area contributed by atoms with Gasteiger partial charge >= 0.3 is 0 Å². The van der Waals surface area contributed by atoms with Gasteiger partial charge in [-0.15, -0.1) is 0 Å². The van der Waals surface area contributed by atoms with Crippen molar-refractivity contribution in [3.05, 3.63) is 87.4 Å². The SMILES string of the molecule is O=[N+]([O-])c1ccccc1-c1ccc(NC(=S)Nc2ccc(Br)cc2)cc1. The van der Waals surface area contributed by atoms with Crippen LogP contribution in [0.3, 0.4) is 0 Å². The van der Waals surface area contributed by atoms with Crippen LogP contribution in [0.5, 0.6) is 0 Å². The molecule has 5 nitrogen and oxygen atoms in total. The predicted molar refractivity (Wildman–Crippen MR) is 113 cm³/mol. The van der Waals surface area contributed by atoms with E-state index in [1.165, 1.54) is 6.07 Å². The second kappa shape index (κ2) is 8.07. The first-order valence-electron chi connectivity index (χ1n) is 7.70. The zero-order valence-electron chi connectivity index (χ0n) is 13.5. The molecule has 3 aromatic rings. The Kier molecular flexibility index (Phi) is 5.60. The van der Waals surface area contributed by atoms with E-state index in [0.29, 0.717) is 10.7 Å². The first kappa shape index (κ1) is 18.0. The van der Waals surface area contributed by atoms with Crippen molar-refractivity contribution >= 4 is 50.3 Å². The number of nitro groups is 1. The van der Waals surface area contributed by atoms with E-state index < -0.39 is 0 Å².